The molecule has 1 atom stereocenters. The minimum Gasteiger partial charge on any atom is -0.467 e. The van der Waals surface area contributed by atoms with Crippen LogP contribution in [0.2, 0.25) is 0 Å². The van der Waals surface area contributed by atoms with Crippen molar-refractivity contribution < 1.29 is 19.0 Å². The second kappa shape index (κ2) is 4.16. The molecule has 0 aliphatic carbocycles. The highest BCUT2D eigenvalue weighted by molar-refractivity contribution is 5.39. The highest BCUT2D eigenvalue weighted by atomic mass is 19.1. The summed E-state index contributed by atoms with van der Waals surface area (Å²) in [5.74, 6) is 0.335. The van der Waals surface area contributed by atoms with Crippen LogP contribution in [0.4, 0.5) is 4.39 Å². The minimum atomic E-state index is -0.558. The van der Waals surface area contributed by atoms with Crippen molar-refractivity contribution >= 4 is 0 Å². The molecule has 0 bridgehead atoms. The van der Waals surface area contributed by atoms with E-state index in [2.05, 4.69) is 0 Å². The molecule has 4 heteroatoms. The molecule has 82 valence electrons. The first-order valence-electron chi connectivity index (χ1n) is 4.86. The minimum absolute atomic E-state index is 0.201. The van der Waals surface area contributed by atoms with Gasteiger partial charge in [0.2, 0.25) is 0 Å². The molecule has 0 radical (unpaired) electrons. The number of benzene rings is 1. The van der Waals surface area contributed by atoms with Crippen molar-refractivity contribution in [1.82, 2.24) is 0 Å². The van der Waals surface area contributed by atoms with Crippen molar-refractivity contribution in [3.8, 4) is 5.75 Å². The summed E-state index contributed by atoms with van der Waals surface area (Å²) in [5.41, 5.74) is 1.19. The Bertz CT molecular complexity index is 363. The Kier molecular flexibility index (Phi) is 2.88. The maximum Gasteiger partial charge on any atom is 0.189 e. The number of hydrogen-bond donors (Lipinski definition) is 1. The Balaban J connectivity index is 2.32. The average Bonchev–Trinajstić information content (AvgIpc) is 2.18. The molecule has 1 aliphatic rings. The number of aliphatic hydroxyl groups excluding tert-OH is 1. The summed E-state index contributed by atoms with van der Waals surface area (Å²) in [5, 5.41) is 9.20. The van der Waals surface area contributed by atoms with E-state index in [9.17, 15) is 9.50 Å². The standard InChI is InChI=1S/C11H13FO3/c1-7(13)2-8-4-11-9(3-10(8)12)5-14-6-15-11/h3-4,7,13H,2,5-6H2,1H3. The third-order valence-electron chi connectivity index (χ3n) is 2.30. The van der Waals surface area contributed by atoms with Crippen molar-refractivity contribution in [3.05, 3.63) is 29.1 Å². The Morgan fingerprint density at radius 1 is 1.53 bits per heavy atom. The summed E-state index contributed by atoms with van der Waals surface area (Å²) in [7, 11) is 0. The van der Waals surface area contributed by atoms with Crippen LogP contribution in [-0.4, -0.2) is 18.0 Å². The molecule has 1 aliphatic heterocycles. The zero-order valence-corrected chi connectivity index (χ0v) is 8.50. The lowest BCUT2D eigenvalue weighted by Crippen LogP contribution is -2.13. The molecule has 1 aromatic rings. The lowest BCUT2D eigenvalue weighted by atomic mass is 10.0. The molecule has 1 N–H and O–H groups in total. The molecule has 0 amide bonds. The van der Waals surface area contributed by atoms with Gasteiger partial charge in [-0.15, -0.1) is 0 Å². The molecular formula is C11H13FO3. The number of rotatable bonds is 2. The van der Waals surface area contributed by atoms with Crippen LogP contribution in [0.25, 0.3) is 0 Å². The Morgan fingerprint density at radius 3 is 3.07 bits per heavy atom. The van der Waals surface area contributed by atoms with Crippen LogP contribution in [0.1, 0.15) is 18.1 Å². The van der Waals surface area contributed by atoms with E-state index in [4.69, 9.17) is 9.47 Å². The summed E-state index contributed by atoms with van der Waals surface area (Å²) in [4.78, 5) is 0. The maximum absolute atomic E-state index is 13.5. The van der Waals surface area contributed by atoms with Gasteiger partial charge in [-0.05, 0) is 24.6 Å². The van der Waals surface area contributed by atoms with Gasteiger partial charge in [0.15, 0.2) is 6.79 Å². The molecular weight excluding hydrogens is 199 g/mol. The average molecular weight is 212 g/mol. The highest BCUT2D eigenvalue weighted by Gasteiger charge is 2.15. The van der Waals surface area contributed by atoms with E-state index in [0.717, 1.165) is 0 Å². The van der Waals surface area contributed by atoms with Crippen molar-refractivity contribution in [3.63, 3.8) is 0 Å². The van der Waals surface area contributed by atoms with E-state index in [0.29, 0.717) is 29.9 Å². The van der Waals surface area contributed by atoms with Crippen LogP contribution < -0.4 is 4.74 Å². The highest BCUT2D eigenvalue weighted by Crippen LogP contribution is 2.27. The molecule has 1 aromatic carbocycles. The molecule has 0 saturated heterocycles. The van der Waals surface area contributed by atoms with E-state index < -0.39 is 6.10 Å². The predicted molar refractivity (Wildman–Crippen MR) is 52.1 cm³/mol. The van der Waals surface area contributed by atoms with Gasteiger partial charge in [-0.25, -0.2) is 4.39 Å². The molecule has 1 heterocycles. The van der Waals surface area contributed by atoms with Gasteiger partial charge in [0.25, 0.3) is 0 Å². The van der Waals surface area contributed by atoms with Gasteiger partial charge in [-0.1, -0.05) is 0 Å². The summed E-state index contributed by atoms with van der Waals surface area (Å²) < 4.78 is 23.8. The van der Waals surface area contributed by atoms with Crippen molar-refractivity contribution in [2.24, 2.45) is 0 Å². The van der Waals surface area contributed by atoms with E-state index in [1.54, 1.807) is 13.0 Å². The molecule has 0 spiro atoms. The van der Waals surface area contributed by atoms with Gasteiger partial charge < -0.3 is 14.6 Å². The second-order valence-electron chi connectivity index (χ2n) is 3.72. The summed E-state index contributed by atoms with van der Waals surface area (Å²) in [6.45, 7) is 2.21. The number of ether oxygens (including phenoxy) is 2. The normalized spacial score (nSPS) is 16.7. The molecule has 2 rings (SSSR count). The van der Waals surface area contributed by atoms with E-state index in [-0.39, 0.29) is 12.6 Å². The molecule has 0 aromatic heterocycles. The monoisotopic (exact) mass is 212 g/mol. The summed E-state index contributed by atoms with van der Waals surface area (Å²) in [6, 6.07) is 3.05. The number of halogens is 1. The molecule has 15 heavy (non-hydrogen) atoms. The number of aliphatic hydroxyl groups is 1. The molecule has 1 unspecified atom stereocenters. The van der Waals surface area contributed by atoms with Gasteiger partial charge in [0.05, 0.1) is 12.7 Å². The third kappa shape index (κ3) is 2.27. The van der Waals surface area contributed by atoms with Crippen LogP contribution in [-0.2, 0) is 17.8 Å². The molecule has 3 nitrogen and oxygen atoms in total. The molecule has 0 fully saturated rings. The Hall–Kier alpha value is -1.13. The van der Waals surface area contributed by atoms with Crippen molar-refractivity contribution in [2.45, 2.75) is 26.1 Å². The van der Waals surface area contributed by atoms with E-state index >= 15 is 0 Å². The van der Waals surface area contributed by atoms with Gasteiger partial charge in [-0.2, -0.15) is 0 Å². The van der Waals surface area contributed by atoms with Crippen molar-refractivity contribution in [1.29, 1.82) is 0 Å². The van der Waals surface area contributed by atoms with Gasteiger partial charge in [0, 0.05) is 12.0 Å². The van der Waals surface area contributed by atoms with Gasteiger partial charge in [0.1, 0.15) is 11.6 Å². The van der Waals surface area contributed by atoms with E-state index in [1.807, 2.05) is 0 Å². The van der Waals surface area contributed by atoms with Crippen LogP contribution in [0.3, 0.4) is 0 Å². The van der Waals surface area contributed by atoms with Crippen molar-refractivity contribution in [2.75, 3.05) is 6.79 Å². The first-order valence-corrected chi connectivity index (χ1v) is 4.86. The lowest BCUT2D eigenvalue weighted by Gasteiger charge is -2.19. The fourth-order valence-corrected chi connectivity index (χ4v) is 1.62. The lowest BCUT2D eigenvalue weighted by molar-refractivity contribution is -0.0166. The van der Waals surface area contributed by atoms with Gasteiger partial charge >= 0.3 is 0 Å². The van der Waals surface area contributed by atoms with Crippen LogP contribution in [0.5, 0.6) is 5.75 Å². The number of hydrogen-bond acceptors (Lipinski definition) is 3. The smallest absolute Gasteiger partial charge is 0.189 e. The Labute approximate surface area is 87.4 Å². The van der Waals surface area contributed by atoms with E-state index in [1.165, 1.54) is 6.07 Å². The first kappa shape index (κ1) is 10.4. The Morgan fingerprint density at radius 2 is 2.33 bits per heavy atom. The molecule has 0 saturated carbocycles. The first-order chi connectivity index (χ1) is 7.16. The van der Waals surface area contributed by atoms with Crippen LogP contribution in [0, 0.1) is 5.82 Å². The van der Waals surface area contributed by atoms with Crippen LogP contribution in [0.15, 0.2) is 12.1 Å². The fraction of sp³-hybridized carbons (Fsp3) is 0.455. The number of fused-ring (bicyclic) bond motifs is 1. The maximum atomic E-state index is 13.5. The van der Waals surface area contributed by atoms with Gasteiger partial charge in [-0.3, -0.25) is 0 Å². The quantitative estimate of drug-likeness (QED) is 0.809. The topological polar surface area (TPSA) is 38.7 Å². The zero-order valence-electron chi connectivity index (χ0n) is 8.50. The SMILES string of the molecule is CC(O)Cc1cc2c(cc1F)COCO2. The predicted octanol–water partition coefficient (Wildman–Crippen LogP) is 1.62. The zero-order chi connectivity index (χ0) is 10.8. The fourth-order valence-electron chi connectivity index (χ4n) is 1.62. The second-order valence-corrected chi connectivity index (χ2v) is 3.72. The summed E-state index contributed by atoms with van der Waals surface area (Å²) >= 11 is 0. The third-order valence-corrected chi connectivity index (χ3v) is 2.30. The van der Waals surface area contributed by atoms with Crippen LogP contribution >= 0.6 is 0 Å². The largest absolute Gasteiger partial charge is 0.467 e. The summed E-state index contributed by atoms with van der Waals surface area (Å²) in [6.07, 6.45) is -0.263.